The topological polar surface area (TPSA) is 105 Å². The number of carbonyl (C=O) groups excluding carboxylic acids is 2. The second-order valence-corrected chi connectivity index (χ2v) is 6.52. The molecule has 0 aromatic heterocycles. The van der Waals surface area contributed by atoms with Gasteiger partial charge in [-0.15, -0.1) is 0 Å². The Labute approximate surface area is 114 Å². The number of hydrogen-bond acceptors (Lipinski definition) is 8. The van der Waals surface area contributed by atoms with Gasteiger partial charge in [0.25, 0.3) is 10.1 Å². The van der Waals surface area contributed by atoms with Crippen LogP contribution in [0.25, 0.3) is 0 Å². The van der Waals surface area contributed by atoms with E-state index in [9.17, 15) is 18.0 Å². The van der Waals surface area contributed by atoms with Crippen LogP contribution < -0.4 is 0 Å². The highest BCUT2D eigenvalue weighted by Gasteiger charge is 2.67. The van der Waals surface area contributed by atoms with E-state index in [4.69, 9.17) is 13.7 Å². The van der Waals surface area contributed by atoms with Crippen LogP contribution in [0.5, 0.6) is 0 Å². The summed E-state index contributed by atoms with van der Waals surface area (Å²) in [5.41, 5.74) is 0. The molecule has 0 aromatic rings. The Kier molecular flexibility index (Phi) is 3.07. The summed E-state index contributed by atoms with van der Waals surface area (Å²) in [6, 6.07) is 0. The molecule has 5 unspecified atom stereocenters. The molecule has 0 aliphatic carbocycles. The van der Waals surface area contributed by atoms with E-state index < -0.39 is 58.3 Å². The Morgan fingerprint density at radius 3 is 2.80 bits per heavy atom. The van der Waals surface area contributed by atoms with Gasteiger partial charge in [0.05, 0.1) is 6.10 Å². The summed E-state index contributed by atoms with van der Waals surface area (Å²) in [6.07, 6.45) is -1.50. The van der Waals surface area contributed by atoms with Gasteiger partial charge in [-0.3, -0.25) is 4.18 Å². The molecule has 110 valence electrons. The molecule has 3 aliphatic heterocycles. The summed E-state index contributed by atoms with van der Waals surface area (Å²) in [5.74, 6) is -1.53. The van der Waals surface area contributed by atoms with Gasteiger partial charge in [-0.2, -0.15) is 8.42 Å². The first kappa shape index (κ1) is 13.5. The predicted molar refractivity (Wildman–Crippen MR) is 61.9 cm³/mol. The maximum Gasteiger partial charge on any atom is 0.344 e. The Balaban J connectivity index is 1.62. The van der Waals surface area contributed by atoms with E-state index >= 15 is 0 Å². The monoisotopic (exact) mass is 304 g/mol. The molecule has 0 N–H and O–H groups in total. The summed E-state index contributed by atoms with van der Waals surface area (Å²) in [5, 5.41) is -0.675. The van der Waals surface area contributed by atoms with Gasteiger partial charge in [0, 0.05) is 6.08 Å². The molecule has 3 saturated heterocycles. The predicted octanol–water partition coefficient (Wildman–Crippen LogP) is -1.10. The fraction of sp³-hybridized carbons (Fsp3) is 0.636. The van der Waals surface area contributed by atoms with Gasteiger partial charge in [-0.05, 0) is 6.42 Å². The van der Waals surface area contributed by atoms with Gasteiger partial charge in [0.1, 0.15) is 17.5 Å². The minimum Gasteiger partial charge on any atom is -0.454 e. The first-order chi connectivity index (χ1) is 9.42. The number of rotatable bonds is 4. The Morgan fingerprint density at radius 2 is 2.10 bits per heavy atom. The van der Waals surface area contributed by atoms with Crippen LogP contribution in [0.4, 0.5) is 0 Å². The highest BCUT2D eigenvalue weighted by Crippen LogP contribution is 2.47. The quantitative estimate of drug-likeness (QED) is 0.366. The van der Waals surface area contributed by atoms with Gasteiger partial charge >= 0.3 is 11.9 Å². The second kappa shape index (κ2) is 4.54. The van der Waals surface area contributed by atoms with Crippen molar-refractivity contribution in [3.8, 4) is 0 Å². The van der Waals surface area contributed by atoms with Crippen molar-refractivity contribution >= 4 is 22.1 Å². The van der Waals surface area contributed by atoms with E-state index in [1.807, 2.05) is 0 Å². The lowest BCUT2D eigenvalue weighted by molar-refractivity contribution is -0.164. The van der Waals surface area contributed by atoms with Crippen LogP contribution in [0.1, 0.15) is 6.42 Å². The summed E-state index contributed by atoms with van der Waals surface area (Å²) in [6.45, 7) is 2.62. The molecular formula is C11H12O8S. The number of esters is 2. The van der Waals surface area contributed by atoms with Crippen molar-refractivity contribution in [3.63, 3.8) is 0 Å². The molecule has 2 bridgehead atoms. The molecule has 3 aliphatic rings. The van der Waals surface area contributed by atoms with Crippen LogP contribution in [0.3, 0.4) is 0 Å². The molecule has 3 rings (SSSR count). The first-order valence-electron chi connectivity index (χ1n) is 5.98. The number of ether oxygens (including phenoxy) is 3. The van der Waals surface area contributed by atoms with Gasteiger partial charge in [0.15, 0.2) is 12.7 Å². The van der Waals surface area contributed by atoms with Crippen molar-refractivity contribution in [2.75, 3.05) is 6.61 Å². The molecule has 3 heterocycles. The van der Waals surface area contributed by atoms with Gasteiger partial charge in [-0.25, -0.2) is 9.59 Å². The Hall–Kier alpha value is -1.45. The average molecular weight is 304 g/mol. The van der Waals surface area contributed by atoms with E-state index in [1.54, 1.807) is 0 Å². The normalized spacial score (nSPS) is 39.5. The third-order valence-corrected chi connectivity index (χ3v) is 5.25. The van der Waals surface area contributed by atoms with Gasteiger partial charge in [0.2, 0.25) is 0 Å². The van der Waals surface area contributed by atoms with E-state index in [1.165, 1.54) is 0 Å². The fourth-order valence-corrected chi connectivity index (χ4v) is 4.39. The molecule has 8 nitrogen and oxygen atoms in total. The molecule has 0 spiro atoms. The molecule has 0 aromatic carbocycles. The highest BCUT2D eigenvalue weighted by atomic mass is 32.2. The van der Waals surface area contributed by atoms with Crippen LogP contribution in [0.2, 0.25) is 0 Å². The lowest BCUT2D eigenvalue weighted by Gasteiger charge is -2.21. The summed E-state index contributed by atoms with van der Waals surface area (Å²) < 4.78 is 43.3. The average Bonchev–Trinajstić information content (AvgIpc) is 3.00. The molecular weight excluding hydrogens is 292 g/mol. The Bertz CT molecular complexity index is 567. The summed E-state index contributed by atoms with van der Waals surface area (Å²) in [4.78, 5) is 22.4. The van der Waals surface area contributed by atoms with Crippen molar-refractivity contribution in [2.45, 2.75) is 36.1 Å². The van der Waals surface area contributed by atoms with Crippen molar-refractivity contribution < 1.29 is 36.4 Å². The molecule has 9 heteroatoms. The zero-order valence-electron chi connectivity index (χ0n) is 10.3. The smallest absolute Gasteiger partial charge is 0.344 e. The maximum absolute atomic E-state index is 11.6. The van der Waals surface area contributed by atoms with Crippen molar-refractivity contribution in [1.29, 1.82) is 0 Å². The van der Waals surface area contributed by atoms with Crippen LogP contribution in [0.15, 0.2) is 12.7 Å². The Morgan fingerprint density at radius 1 is 1.35 bits per heavy atom. The van der Waals surface area contributed by atoms with E-state index in [-0.39, 0.29) is 6.42 Å². The van der Waals surface area contributed by atoms with E-state index in [2.05, 4.69) is 11.3 Å². The SMILES string of the molecule is C=CC(=O)OCC(=O)OC1C2CC3C(O2)C1OS3(=O)=O. The largest absolute Gasteiger partial charge is 0.454 e. The van der Waals surface area contributed by atoms with Crippen LogP contribution in [0, 0.1) is 0 Å². The number of carbonyl (C=O) groups is 2. The van der Waals surface area contributed by atoms with Crippen molar-refractivity contribution in [1.82, 2.24) is 0 Å². The zero-order valence-corrected chi connectivity index (χ0v) is 11.1. The molecule has 0 saturated carbocycles. The number of fused-ring (bicyclic) bond motifs is 1. The van der Waals surface area contributed by atoms with Crippen LogP contribution >= 0.6 is 0 Å². The van der Waals surface area contributed by atoms with Crippen LogP contribution in [-0.4, -0.2) is 56.6 Å². The molecule has 0 radical (unpaired) electrons. The first-order valence-corrected chi connectivity index (χ1v) is 7.46. The van der Waals surface area contributed by atoms with Crippen molar-refractivity contribution in [2.24, 2.45) is 0 Å². The highest BCUT2D eigenvalue weighted by molar-refractivity contribution is 7.87. The molecule has 20 heavy (non-hydrogen) atoms. The third kappa shape index (κ3) is 2.02. The molecule has 5 atom stereocenters. The number of hydrogen-bond donors (Lipinski definition) is 0. The standard InChI is InChI=1S/C11H12O8S/c1-2-7(12)16-4-8(13)18-9-5-3-6-10(17-5)11(9)19-20(6,14)15/h2,5-6,9-11H,1,3-4H2. The van der Waals surface area contributed by atoms with Crippen molar-refractivity contribution in [3.05, 3.63) is 12.7 Å². The summed E-state index contributed by atoms with van der Waals surface area (Å²) >= 11 is 0. The third-order valence-electron chi connectivity index (χ3n) is 3.56. The zero-order chi connectivity index (χ0) is 14.5. The van der Waals surface area contributed by atoms with Gasteiger partial charge < -0.3 is 14.2 Å². The lowest BCUT2D eigenvalue weighted by Crippen LogP contribution is -2.42. The second-order valence-electron chi connectivity index (χ2n) is 4.73. The fourth-order valence-electron chi connectivity index (χ4n) is 2.74. The maximum atomic E-state index is 11.6. The van der Waals surface area contributed by atoms with E-state index in [0.29, 0.717) is 0 Å². The molecule has 0 amide bonds. The van der Waals surface area contributed by atoms with E-state index in [0.717, 1.165) is 6.08 Å². The summed E-state index contributed by atoms with van der Waals surface area (Å²) in [7, 11) is -3.64. The molecule has 3 fully saturated rings. The van der Waals surface area contributed by atoms with Gasteiger partial charge in [-0.1, -0.05) is 6.58 Å². The van der Waals surface area contributed by atoms with Crippen LogP contribution in [-0.2, 0) is 38.1 Å². The minimum atomic E-state index is -3.64. The minimum absolute atomic E-state index is 0.244. The lowest BCUT2D eigenvalue weighted by atomic mass is 9.94.